The zero-order chi connectivity index (χ0) is 19.0. The molecule has 27 heavy (non-hydrogen) atoms. The molecular formula is C20H30N4O2S. The van der Waals surface area contributed by atoms with Gasteiger partial charge in [-0.3, -0.25) is 4.99 Å². The second kappa shape index (κ2) is 10.0. The summed E-state index contributed by atoms with van der Waals surface area (Å²) in [5, 5.41) is 17.3. The lowest BCUT2D eigenvalue weighted by Gasteiger charge is -2.24. The Kier molecular flexibility index (Phi) is 7.43. The molecule has 1 aliphatic heterocycles. The van der Waals surface area contributed by atoms with Gasteiger partial charge in [-0.05, 0) is 38.3 Å². The number of benzene rings is 1. The van der Waals surface area contributed by atoms with Gasteiger partial charge in [0.15, 0.2) is 5.96 Å². The van der Waals surface area contributed by atoms with Crippen molar-refractivity contribution in [1.29, 1.82) is 0 Å². The number of aliphatic imine (C=N–C) groups is 1. The van der Waals surface area contributed by atoms with Crippen LogP contribution < -0.4 is 10.6 Å². The Balaban J connectivity index is 1.48. The van der Waals surface area contributed by atoms with Crippen LogP contribution in [-0.4, -0.2) is 55.5 Å². The molecule has 1 fully saturated rings. The van der Waals surface area contributed by atoms with E-state index in [0.29, 0.717) is 13.2 Å². The third-order valence-electron chi connectivity index (χ3n) is 4.94. The van der Waals surface area contributed by atoms with Gasteiger partial charge in [0.25, 0.3) is 0 Å². The summed E-state index contributed by atoms with van der Waals surface area (Å²) in [7, 11) is 0. The van der Waals surface area contributed by atoms with Gasteiger partial charge in [-0.1, -0.05) is 12.1 Å². The highest BCUT2D eigenvalue weighted by molar-refractivity contribution is 7.18. The highest BCUT2D eigenvalue weighted by atomic mass is 32.1. The molecule has 2 aromatic rings. The molecule has 0 radical (unpaired) electrons. The molecule has 0 spiro atoms. The number of rotatable bonds is 9. The highest BCUT2D eigenvalue weighted by Gasteiger charge is 2.34. The molecule has 6 nitrogen and oxygen atoms in total. The van der Waals surface area contributed by atoms with Gasteiger partial charge >= 0.3 is 0 Å². The van der Waals surface area contributed by atoms with Gasteiger partial charge in [0.1, 0.15) is 0 Å². The molecule has 1 unspecified atom stereocenters. The Morgan fingerprint density at radius 2 is 2.26 bits per heavy atom. The second-order valence-electron chi connectivity index (χ2n) is 7.08. The summed E-state index contributed by atoms with van der Waals surface area (Å²) in [6.07, 6.45) is 3.69. The number of para-hydroxylation sites is 1. The van der Waals surface area contributed by atoms with E-state index < -0.39 is 0 Å². The van der Waals surface area contributed by atoms with Crippen molar-refractivity contribution in [2.45, 2.75) is 32.6 Å². The van der Waals surface area contributed by atoms with Gasteiger partial charge in [-0.2, -0.15) is 0 Å². The predicted octanol–water partition coefficient (Wildman–Crippen LogP) is 2.57. The Hall–Kier alpha value is -1.70. The molecule has 1 aromatic carbocycles. The third kappa shape index (κ3) is 5.64. The van der Waals surface area contributed by atoms with Crippen LogP contribution in [-0.2, 0) is 11.2 Å². The van der Waals surface area contributed by atoms with Crippen LogP contribution in [0, 0.1) is 5.41 Å². The van der Waals surface area contributed by atoms with Crippen molar-refractivity contribution in [3.63, 3.8) is 0 Å². The summed E-state index contributed by atoms with van der Waals surface area (Å²) in [6, 6.07) is 8.29. The molecule has 1 saturated heterocycles. The number of nitrogens with one attached hydrogen (secondary N) is 2. The molecule has 1 aromatic heterocycles. The quantitative estimate of drug-likeness (QED) is 0.348. The molecule has 0 bridgehead atoms. The van der Waals surface area contributed by atoms with Crippen LogP contribution in [0.2, 0.25) is 0 Å². The summed E-state index contributed by atoms with van der Waals surface area (Å²) in [4.78, 5) is 9.45. The maximum absolute atomic E-state index is 9.35. The second-order valence-corrected chi connectivity index (χ2v) is 8.19. The van der Waals surface area contributed by atoms with Crippen molar-refractivity contribution in [2.24, 2.45) is 10.4 Å². The van der Waals surface area contributed by atoms with E-state index in [1.165, 1.54) is 9.71 Å². The zero-order valence-electron chi connectivity index (χ0n) is 16.0. The van der Waals surface area contributed by atoms with Gasteiger partial charge in [-0.25, -0.2) is 4.98 Å². The van der Waals surface area contributed by atoms with Crippen molar-refractivity contribution < 1.29 is 9.84 Å². The van der Waals surface area contributed by atoms with E-state index >= 15 is 0 Å². The van der Waals surface area contributed by atoms with E-state index in [1.54, 1.807) is 11.3 Å². The van der Waals surface area contributed by atoms with Gasteiger partial charge in [-0.15, -0.1) is 11.3 Å². The SMILES string of the molecule is CCNC(=NCC1(CCO)CCOC1)NCCCc1nc2ccccc2s1. The molecule has 1 atom stereocenters. The average molecular weight is 391 g/mol. The Bertz CT molecular complexity index is 707. The maximum atomic E-state index is 9.35. The standard InChI is InChI=1S/C20H30N4O2S/c1-2-21-19(23-14-20(9-12-25)10-13-26-15-20)22-11-5-8-18-24-16-6-3-4-7-17(16)27-18/h3-4,6-7,25H,2,5,8-15H2,1H3,(H2,21,22,23). The number of thiazole rings is 1. The number of aryl methyl sites for hydroxylation is 1. The van der Waals surface area contributed by atoms with E-state index in [-0.39, 0.29) is 12.0 Å². The van der Waals surface area contributed by atoms with Crippen molar-refractivity contribution in [2.75, 3.05) is 39.5 Å². The number of hydrogen-bond acceptors (Lipinski definition) is 5. The third-order valence-corrected chi connectivity index (χ3v) is 6.04. The first-order valence-corrected chi connectivity index (χ1v) is 10.6. The average Bonchev–Trinajstić information content (AvgIpc) is 3.30. The summed E-state index contributed by atoms with van der Waals surface area (Å²) in [5.41, 5.74) is 1.08. The summed E-state index contributed by atoms with van der Waals surface area (Å²) in [5.74, 6) is 0.839. The van der Waals surface area contributed by atoms with Crippen LogP contribution in [0.1, 0.15) is 31.2 Å². The smallest absolute Gasteiger partial charge is 0.191 e. The predicted molar refractivity (Wildman–Crippen MR) is 111 cm³/mol. The first-order valence-electron chi connectivity index (χ1n) is 9.80. The maximum Gasteiger partial charge on any atom is 0.191 e. The van der Waals surface area contributed by atoms with Crippen LogP contribution >= 0.6 is 11.3 Å². The van der Waals surface area contributed by atoms with Gasteiger partial charge in [0.05, 0.1) is 28.4 Å². The van der Waals surface area contributed by atoms with Crippen LogP contribution in [0.4, 0.5) is 0 Å². The number of guanidine groups is 1. The minimum atomic E-state index is -0.0158. The normalized spacial score (nSPS) is 20.3. The van der Waals surface area contributed by atoms with E-state index in [4.69, 9.17) is 14.7 Å². The van der Waals surface area contributed by atoms with Crippen molar-refractivity contribution in [3.05, 3.63) is 29.3 Å². The number of fused-ring (bicyclic) bond motifs is 1. The van der Waals surface area contributed by atoms with E-state index in [2.05, 4.69) is 35.8 Å². The number of hydrogen-bond donors (Lipinski definition) is 3. The molecule has 0 aliphatic carbocycles. The molecule has 0 amide bonds. The zero-order valence-corrected chi connectivity index (χ0v) is 16.9. The minimum absolute atomic E-state index is 0.0158. The first-order chi connectivity index (χ1) is 13.2. The summed E-state index contributed by atoms with van der Waals surface area (Å²) in [6.45, 7) is 6.07. The number of aliphatic hydroxyl groups excluding tert-OH is 1. The van der Waals surface area contributed by atoms with E-state index in [0.717, 1.165) is 56.9 Å². The number of aliphatic hydroxyl groups is 1. The topological polar surface area (TPSA) is 78.8 Å². The number of aromatic nitrogens is 1. The van der Waals surface area contributed by atoms with Crippen LogP contribution in [0.25, 0.3) is 10.2 Å². The largest absolute Gasteiger partial charge is 0.396 e. The van der Waals surface area contributed by atoms with Gasteiger partial charge in [0.2, 0.25) is 0 Å². The van der Waals surface area contributed by atoms with E-state index in [9.17, 15) is 5.11 Å². The molecular weight excluding hydrogens is 360 g/mol. The van der Waals surface area contributed by atoms with Gasteiger partial charge < -0.3 is 20.5 Å². The molecule has 148 valence electrons. The highest BCUT2D eigenvalue weighted by Crippen LogP contribution is 2.32. The molecule has 2 heterocycles. The summed E-state index contributed by atoms with van der Waals surface area (Å²) < 4.78 is 6.80. The van der Waals surface area contributed by atoms with E-state index in [1.807, 2.05) is 6.07 Å². The lowest BCUT2D eigenvalue weighted by molar-refractivity contribution is 0.131. The molecule has 3 rings (SSSR count). The lowest BCUT2D eigenvalue weighted by atomic mass is 9.84. The molecule has 7 heteroatoms. The van der Waals surface area contributed by atoms with Crippen LogP contribution in [0.15, 0.2) is 29.3 Å². The summed E-state index contributed by atoms with van der Waals surface area (Å²) >= 11 is 1.78. The van der Waals surface area contributed by atoms with Crippen LogP contribution in [0.5, 0.6) is 0 Å². The number of ether oxygens (including phenoxy) is 1. The molecule has 1 aliphatic rings. The molecule has 0 saturated carbocycles. The minimum Gasteiger partial charge on any atom is -0.396 e. The Morgan fingerprint density at radius 3 is 3.00 bits per heavy atom. The fraction of sp³-hybridized carbons (Fsp3) is 0.600. The molecule has 3 N–H and O–H groups in total. The van der Waals surface area contributed by atoms with Crippen molar-refractivity contribution in [3.8, 4) is 0 Å². The Morgan fingerprint density at radius 1 is 1.37 bits per heavy atom. The van der Waals surface area contributed by atoms with Crippen molar-refractivity contribution in [1.82, 2.24) is 15.6 Å². The van der Waals surface area contributed by atoms with Crippen molar-refractivity contribution >= 4 is 27.5 Å². The Labute approximate surface area is 165 Å². The fourth-order valence-corrected chi connectivity index (χ4v) is 4.36. The van der Waals surface area contributed by atoms with Crippen LogP contribution in [0.3, 0.4) is 0 Å². The van der Waals surface area contributed by atoms with Gasteiger partial charge in [0, 0.05) is 38.1 Å². The monoisotopic (exact) mass is 390 g/mol. The first kappa shape index (κ1) is 20.0. The number of nitrogens with zero attached hydrogens (tertiary/aromatic N) is 2. The fourth-order valence-electron chi connectivity index (χ4n) is 3.35. The lowest BCUT2D eigenvalue weighted by Crippen LogP contribution is -2.39.